The van der Waals surface area contributed by atoms with E-state index < -0.39 is 0 Å². The highest BCUT2D eigenvalue weighted by Gasteiger charge is 2.36. The van der Waals surface area contributed by atoms with E-state index in [0.717, 1.165) is 5.69 Å². The van der Waals surface area contributed by atoms with Gasteiger partial charge in [-0.1, -0.05) is 166 Å². The fraction of sp³-hybridized carbons (Fsp3) is 0.0943. The van der Waals surface area contributed by atoms with Crippen LogP contribution in [-0.4, -0.2) is 0 Å². The Morgan fingerprint density at radius 3 is 1.37 bits per heavy atom. The molecular formula is C53H43N. The maximum Gasteiger partial charge on any atom is 0.0520 e. The third-order valence-corrected chi connectivity index (χ3v) is 11.3. The maximum atomic E-state index is 2.47. The number of nitrogens with zero attached hydrogens (tertiary/aromatic N) is 1. The molecule has 0 atom stereocenters. The van der Waals surface area contributed by atoms with Gasteiger partial charge in [0, 0.05) is 16.8 Å². The maximum absolute atomic E-state index is 2.47. The summed E-state index contributed by atoms with van der Waals surface area (Å²) in [7, 11) is 0. The number of benzene rings is 8. The number of aryl methyl sites for hydroxylation is 2. The fourth-order valence-electron chi connectivity index (χ4n) is 8.59. The predicted octanol–water partition coefficient (Wildman–Crippen LogP) is 14.7. The second-order valence-electron chi connectivity index (χ2n) is 15.1. The van der Waals surface area contributed by atoms with E-state index in [2.05, 4.69) is 221 Å². The van der Waals surface area contributed by atoms with Gasteiger partial charge in [-0.15, -0.1) is 0 Å². The molecule has 0 fully saturated rings. The molecule has 0 aliphatic heterocycles. The van der Waals surface area contributed by atoms with Gasteiger partial charge in [0.1, 0.15) is 0 Å². The normalized spacial score (nSPS) is 12.6. The van der Waals surface area contributed by atoms with E-state index in [1.165, 1.54) is 89.3 Å². The molecule has 0 heterocycles. The Hall–Kier alpha value is -6.44. The van der Waals surface area contributed by atoms with Crippen LogP contribution in [0.5, 0.6) is 0 Å². The molecular weight excluding hydrogens is 651 g/mol. The van der Waals surface area contributed by atoms with Crippen LogP contribution in [0.2, 0.25) is 0 Å². The highest BCUT2D eigenvalue weighted by Crippen LogP contribution is 2.51. The summed E-state index contributed by atoms with van der Waals surface area (Å²) < 4.78 is 0. The molecule has 8 aromatic carbocycles. The molecule has 0 aromatic heterocycles. The van der Waals surface area contributed by atoms with Crippen molar-refractivity contribution < 1.29 is 0 Å². The molecule has 0 saturated heterocycles. The molecule has 1 heteroatoms. The van der Waals surface area contributed by atoms with Crippen molar-refractivity contribution >= 4 is 17.1 Å². The van der Waals surface area contributed by atoms with Crippen LogP contribution in [0.15, 0.2) is 188 Å². The molecule has 0 unspecified atom stereocenters. The molecule has 0 saturated carbocycles. The van der Waals surface area contributed by atoms with Crippen LogP contribution in [0.25, 0.3) is 55.6 Å². The lowest BCUT2D eigenvalue weighted by Crippen LogP contribution is -2.17. The standard InChI is InChI=1S/C53H43N/c1-36-33-43(40-25-23-39(24-26-40)38-15-7-5-8-16-38)34-37(2)52(36)54(45-31-32-49-48-21-13-14-22-50(48)53(3,4)51(49)35-45)44-29-27-42(28-30-44)47-20-12-11-19-46(47)41-17-9-6-10-18-41/h5-35H,1-4H3. The van der Waals surface area contributed by atoms with Crippen molar-refractivity contribution in [1.82, 2.24) is 0 Å². The molecule has 0 spiro atoms. The van der Waals surface area contributed by atoms with Crippen molar-refractivity contribution in [2.24, 2.45) is 0 Å². The van der Waals surface area contributed by atoms with E-state index in [1.807, 2.05) is 0 Å². The number of rotatable bonds is 7. The van der Waals surface area contributed by atoms with Gasteiger partial charge in [0.25, 0.3) is 0 Å². The molecule has 9 rings (SSSR count). The van der Waals surface area contributed by atoms with Gasteiger partial charge in [-0.25, -0.2) is 0 Å². The smallest absolute Gasteiger partial charge is 0.0520 e. The minimum Gasteiger partial charge on any atom is -0.310 e. The van der Waals surface area contributed by atoms with Crippen molar-refractivity contribution in [3.8, 4) is 55.6 Å². The van der Waals surface area contributed by atoms with Crippen LogP contribution in [-0.2, 0) is 5.41 Å². The van der Waals surface area contributed by atoms with E-state index in [-0.39, 0.29) is 5.41 Å². The summed E-state index contributed by atoms with van der Waals surface area (Å²) in [4.78, 5) is 2.47. The second-order valence-corrected chi connectivity index (χ2v) is 15.1. The molecule has 1 aliphatic carbocycles. The molecule has 54 heavy (non-hydrogen) atoms. The Balaban J connectivity index is 1.15. The molecule has 8 aromatic rings. The van der Waals surface area contributed by atoms with Crippen molar-refractivity contribution in [2.45, 2.75) is 33.1 Å². The largest absolute Gasteiger partial charge is 0.310 e. The Bertz CT molecular complexity index is 2590. The molecule has 0 bridgehead atoms. The molecule has 1 nitrogen and oxygen atoms in total. The number of hydrogen-bond donors (Lipinski definition) is 0. The van der Waals surface area contributed by atoms with E-state index >= 15 is 0 Å². The first-order valence-electron chi connectivity index (χ1n) is 18.9. The van der Waals surface area contributed by atoms with Crippen LogP contribution in [0, 0.1) is 13.8 Å². The molecule has 1 aliphatic rings. The SMILES string of the molecule is Cc1cc(-c2ccc(-c3ccccc3)cc2)cc(C)c1N(c1ccc(-c2ccccc2-c2ccccc2)cc1)c1ccc2c(c1)C(C)(C)c1ccccc1-2. The fourth-order valence-corrected chi connectivity index (χ4v) is 8.59. The monoisotopic (exact) mass is 693 g/mol. The minimum absolute atomic E-state index is 0.0987. The van der Waals surface area contributed by atoms with E-state index in [9.17, 15) is 0 Å². The highest BCUT2D eigenvalue weighted by atomic mass is 15.1. The number of hydrogen-bond acceptors (Lipinski definition) is 1. The average Bonchev–Trinajstić information content (AvgIpc) is 3.45. The quantitative estimate of drug-likeness (QED) is 0.161. The van der Waals surface area contributed by atoms with Gasteiger partial charge in [0.15, 0.2) is 0 Å². The molecule has 0 amide bonds. The summed E-state index contributed by atoms with van der Waals surface area (Å²) in [5.74, 6) is 0. The first-order chi connectivity index (χ1) is 26.4. The third kappa shape index (κ3) is 5.83. The first kappa shape index (κ1) is 33.4. The topological polar surface area (TPSA) is 3.24 Å². The number of fused-ring (bicyclic) bond motifs is 3. The second kappa shape index (κ2) is 13.5. The Labute approximate surface area is 319 Å². The van der Waals surface area contributed by atoms with Crippen molar-refractivity contribution in [1.29, 1.82) is 0 Å². The van der Waals surface area contributed by atoms with Crippen LogP contribution in [0.3, 0.4) is 0 Å². The van der Waals surface area contributed by atoms with Gasteiger partial charge >= 0.3 is 0 Å². The zero-order valence-electron chi connectivity index (χ0n) is 31.3. The van der Waals surface area contributed by atoms with Crippen LogP contribution >= 0.6 is 0 Å². The number of anilines is 3. The average molecular weight is 694 g/mol. The molecule has 0 radical (unpaired) electrons. The van der Waals surface area contributed by atoms with Gasteiger partial charge in [-0.05, 0) is 128 Å². The van der Waals surface area contributed by atoms with Gasteiger partial charge in [-0.3, -0.25) is 0 Å². The summed E-state index contributed by atoms with van der Waals surface area (Å²) in [5, 5.41) is 0. The van der Waals surface area contributed by atoms with Crippen LogP contribution < -0.4 is 4.90 Å². The van der Waals surface area contributed by atoms with Crippen LogP contribution in [0.1, 0.15) is 36.1 Å². The van der Waals surface area contributed by atoms with E-state index in [4.69, 9.17) is 0 Å². The van der Waals surface area contributed by atoms with Crippen molar-refractivity contribution in [3.05, 3.63) is 210 Å². The summed E-state index contributed by atoms with van der Waals surface area (Å²) in [6, 6.07) is 68.8. The Morgan fingerprint density at radius 2 is 0.759 bits per heavy atom. The van der Waals surface area contributed by atoms with Gasteiger partial charge < -0.3 is 4.90 Å². The lowest BCUT2D eigenvalue weighted by Gasteiger charge is -2.31. The van der Waals surface area contributed by atoms with Gasteiger partial charge in [0.05, 0.1) is 5.69 Å². The Morgan fingerprint density at radius 1 is 0.333 bits per heavy atom. The summed E-state index contributed by atoms with van der Waals surface area (Å²) >= 11 is 0. The van der Waals surface area contributed by atoms with Crippen molar-refractivity contribution in [3.63, 3.8) is 0 Å². The minimum atomic E-state index is -0.0987. The highest BCUT2D eigenvalue weighted by molar-refractivity contribution is 5.89. The predicted molar refractivity (Wildman–Crippen MR) is 230 cm³/mol. The van der Waals surface area contributed by atoms with Crippen LogP contribution in [0.4, 0.5) is 17.1 Å². The van der Waals surface area contributed by atoms with E-state index in [1.54, 1.807) is 0 Å². The van der Waals surface area contributed by atoms with Crippen molar-refractivity contribution in [2.75, 3.05) is 4.90 Å². The lowest BCUT2D eigenvalue weighted by molar-refractivity contribution is 0.660. The zero-order chi connectivity index (χ0) is 36.8. The van der Waals surface area contributed by atoms with E-state index in [0.29, 0.717) is 0 Å². The molecule has 260 valence electrons. The zero-order valence-corrected chi connectivity index (χ0v) is 31.3. The lowest BCUT2D eigenvalue weighted by atomic mass is 9.82. The van der Waals surface area contributed by atoms with Gasteiger partial charge in [0.2, 0.25) is 0 Å². The Kier molecular flexibility index (Phi) is 8.36. The summed E-state index contributed by atoms with van der Waals surface area (Å²) in [6.07, 6.45) is 0. The summed E-state index contributed by atoms with van der Waals surface area (Å²) in [6.45, 7) is 9.24. The molecule has 0 N–H and O–H groups in total. The van der Waals surface area contributed by atoms with Gasteiger partial charge in [-0.2, -0.15) is 0 Å². The first-order valence-corrected chi connectivity index (χ1v) is 18.9. The summed E-state index contributed by atoms with van der Waals surface area (Å²) in [5.41, 5.74) is 21.1. The third-order valence-electron chi connectivity index (χ3n) is 11.3.